The Morgan fingerprint density at radius 3 is 2.61 bits per heavy atom. The largest absolute Gasteiger partial charge is 0.455 e. The standard InChI is InChI=1S/C15H19NO5S2/c1-11-2-4-12(5-3-11)16-14(17)8-21-15(18)9-22-13-6-7-23(19,20)10-13/h2-5,13H,6-10H2,1H3,(H,16,17)/t13-/m1/s1. The molecular weight excluding hydrogens is 338 g/mol. The van der Waals surface area contributed by atoms with Gasteiger partial charge in [-0.15, -0.1) is 11.8 Å². The Kier molecular flexibility index (Phi) is 6.06. The molecule has 1 fully saturated rings. The van der Waals surface area contributed by atoms with E-state index in [2.05, 4.69) is 5.32 Å². The zero-order chi connectivity index (χ0) is 16.9. The van der Waals surface area contributed by atoms with E-state index in [0.29, 0.717) is 12.1 Å². The fraction of sp³-hybridized carbons (Fsp3) is 0.467. The van der Waals surface area contributed by atoms with E-state index in [9.17, 15) is 18.0 Å². The number of esters is 1. The lowest BCUT2D eigenvalue weighted by Gasteiger charge is -2.08. The van der Waals surface area contributed by atoms with Crippen molar-refractivity contribution in [3.8, 4) is 0 Å². The monoisotopic (exact) mass is 357 g/mol. The number of sulfone groups is 1. The van der Waals surface area contributed by atoms with E-state index in [1.165, 1.54) is 11.8 Å². The molecule has 1 aliphatic heterocycles. The minimum Gasteiger partial charge on any atom is -0.455 e. The van der Waals surface area contributed by atoms with Gasteiger partial charge in [0.1, 0.15) is 0 Å². The molecule has 1 aromatic carbocycles. The van der Waals surface area contributed by atoms with Crippen molar-refractivity contribution in [3.63, 3.8) is 0 Å². The molecule has 8 heteroatoms. The van der Waals surface area contributed by atoms with Gasteiger partial charge < -0.3 is 10.1 Å². The van der Waals surface area contributed by atoms with Crippen LogP contribution in [0.5, 0.6) is 0 Å². The van der Waals surface area contributed by atoms with Crippen molar-refractivity contribution in [1.29, 1.82) is 0 Å². The van der Waals surface area contributed by atoms with Gasteiger partial charge in [-0.2, -0.15) is 0 Å². The van der Waals surface area contributed by atoms with Crippen LogP contribution in [0.25, 0.3) is 0 Å². The molecule has 1 aromatic rings. The molecule has 0 unspecified atom stereocenters. The molecule has 1 aliphatic rings. The number of hydrogen-bond donors (Lipinski definition) is 1. The fourth-order valence-corrected chi connectivity index (χ4v) is 5.54. The zero-order valence-electron chi connectivity index (χ0n) is 12.8. The molecule has 1 amide bonds. The Labute approximate surface area is 139 Å². The van der Waals surface area contributed by atoms with Crippen LogP contribution in [-0.2, 0) is 24.2 Å². The summed E-state index contributed by atoms with van der Waals surface area (Å²) in [7, 11) is -2.94. The molecule has 0 spiro atoms. The summed E-state index contributed by atoms with van der Waals surface area (Å²) in [4.78, 5) is 23.3. The normalized spacial score (nSPS) is 19.3. The molecule has 6 nitrogen and oxygen atoms in total. The van der Waals surface area contributed by atoms with E-state index in [1.807, 2.05) is 19.1 Å². The van der Waals surface area contributed by atoms with Crippen molar-refractivity contribution in [3.05, 3.63) is 29.8 Å². The number of aryl methyl sites for hydroxylation is 1. The Hall–Kier alpha value is -1.54. The van der Waals surface area contributed by atoms with E-state index in [0.717, 1.165) is 5.56 Å². The summed E-state index contributed by atoms with van der Waals surface area (Å²) >= 11 is 1.27. The number of rotatable bonds is 6. The Balaban J connectivity index is 1.66. The molecule has 126 valence electrons. The quantitative estimate of drug-likeness (QED) is 0.774. The number of nitrogens with one attached hydrogen (secondary N) is 1. The van der Waals surface area contributed by atoms with Crippen LogP contribution in [0.1, 0.15) is 12.0 Å². The second-order valence-corrected chi connectivity index (χ2v) is 8.93. The van der Waals surface area contributed by atoms with Crippen molar-refractivity contribution in [2.24, 2.45) is 0 Å². The van der Waals surface area contributed by atoms with Gasteiger partial charge in [-0.25, -0.2) is 8.42 Å². The van der Waals surface area contributed by atoms with Crippen LogP contribution >= 0.6 is 11.8 Å². The summed E-state index contributed by atoms with van der Waals surface area (Å²) < 4.78 is 27.5. The van der Waals surface area contributed by atoms with Crippen molar-refractivity contribution < 1.29 is 22.7 Å². The predicted molar refractivity (Wildman–Crippen MR) is 90.3 cm³/mol. The van der Waals surface area contributed by atoms with Crippen molar-refractivity contribution in [2.75, 3.05) is 29.2 Å². The molecule has 0 bridgehead atoms. The summed E-state index contributed by atoms with van der Waals surface area (Å²) in [5.41, 5.74) is 1.72. The summed E-state index contributed by atoms with van der Waals surface area (Å²) in [5, 5.41) is 2.57. The molecule has 1 atom stereocenters. The van der Waals surface area contributed by atoms with Crippen LogP contribution in [0.2, 0.25) is 0 Å². The molecule has 0 aromatic heterocycles. The smallest absolute Gasteiger partial charge is 0.316 e. The van der Waals surface area contributed by atoms with Gasteiger partial charge in [-0.1, -0.05) is 17.7 Å². The first-order valence-electron chi connectivity index (χ1n) is 7.18. The third-order valence-corrected chi connectivity index (χ3v) is 6.58. The predicted octanol–water partition coefficient (Wildman–Crippen LogP) is 1.40. The molecule has 1 heterocycles. The van der Waals surface area contributed by atoms with Gasteiger partial charge in [0, 0.05) is 10.9 Å². The SMILES string of the molecule is Cc1ccc(NC(=O)COC(=O)CS[C@@H]2CCS(=O)(=O)C2)cc1. The minimum atomic E-state index is -2.94. The van der Waals surface area contributed by atoms with E-state index in [1.54, 1.807) is 12.1 Å². The number of amides is 1. The highest BCUT2D eigenvalue weighted by molar-refractivity contribution is 8.02. The van der Waals surface area contributed by atoms with Crippen LogP contribution in [0.3, 0.4) is 0 Å². The van der Waals surface area contributed by atoms with E-state index in [-0.39, 0.29) is 29.1 Å². The maximum Gasteiger partial charge on any atom is 0.316 e. The second-order valence-electron chi connectivity index (χ2n) is 5.41. The van der Waals surface area contributed by atoms with Crippen molar-refractivity contribution in [2.45, 2.75) is 18.6 Å². The zero-order valence-corrected chi connectivity index (χ0v) is 14.4. The molecule has 0 aliphatic carbocycles. The van der Waals surface area contributed by atoms with E-state index in [4.69, 9.17) is 4.74 Å². The number of carbonyl (C=O) groups is 2. The molecule has 0 saturated carbocycles. The summed E-state index contributed by atoms with van der Waals surface area (Å²) in [6.07, 6.45) is 0.564. The summed E-state index contributed by atoms with van der Waals surface area (Å²) in [6.45, 7) is 1.59. The Bertz CT molecular complexity index is 670. The third kappa shape index (κ3) is 6.23. The molecule has 23 heavy (non-hydrogen) atoms. The van der Waals surface area contributed by atoms with Gasteiger partial charge in [0.25, 0.3) is 5.91 Å². The first-order valence-corrected chi connectivity index (χ1v) is 10.1. The highest BCUT2D eigenvalue weighted by Gasteiger charge is 2.28. The van der Waals surface area contributed by atoms with Gasteiger partial charge in [0.15, 0.2) is 16.4 Å². The van der Waals surface area contributed by atoms with Gasteiger partial charge >= 0.3 is 5.97 Å². The van der Waals surface area contributed by atoms with Gasteiger partial charge in [0.2, 0.25) is 0 Å². The Morgan fingerprint density at radius 1 is 1.30 bits per heavy atom. The number of hydrogen-bond acceptors (Lipinski definition) is 6. The van der Waals surface area contributed by atoms with E-state index < -0.39 is 21.7 Å². The number of carbonyl (C=O) groups excluding carboxylic acids is 2. The lowest BCUT2D eigenvalue weighted by atomic mass is 10.2. The average molecular weight is 357 g/mol. The van der Waals surface area contributed by atoms with Crippen LogP contribution < -0.4 is 5.32 Å². The van der Waals surface area contributed by atoms with Gasteiger partial charge in [-0.05, 0) is 25.5 Å². The van der Waals surface area contributed by atoms with Crippen LogP contribution in [0.15, 0.2) is 24.3 Å². The maximum absolute atomic E-state index is 11.7. The maximum atomic E-state index is 11.7. The number of ether oxygens (including phenoxy) is 1. The fourth-order valence-electron chi connectivity index (χ4n) is 2.10. The first-order chi connectivity index (χ1) is 10.8. The van der Waals surface area contributed by atoms with Crippen LogP contribution in [-0.4, -0.2) is 49.4 Å². The highest BCUT2D eigenvalue weighted by atomic mass is 32.2. The second kappa shape index (κ2) is 7.83. The number of benzene rings is 1. The first kappa shape index (κ1) is 17.8. The Morgan fingerprint density at radius 2 is 2.00 bits per heavy atom. The van der Waals surface area contributed by atoms with Crippen molar-refractivity contribution >= 4 is 39.2 Å². The lowest BCUT2D eigenvalue weighted by Crippen LogP contribution is -2.22. The van der Waals surface area contributed by atoms with Gasteiger partial charge in [-0.3, -0.25) is 9.59 Å². The average Bonchev–Trinajstić information content (AvgIpc) is 2.85. The topological polar surface area (TPSA) is 89.5 Å². The highest BCUT2D eigenvalue weighted by Crippen LogP contribution is 2.24. The summed E-state index contributed by atoms with van der Waals surface area (Å²) in [5.74, 6) is -0.579. The van der Waals surface area contributed by atoms with Crippen molar-refractivity contribution in [1.82, 2.24) is 0 Å². The third-order valence-electron chi connectivity index (χ3n) is 3.33. The minimum absolute atomic E-state index is 0.0536. The van der Waals surface area contributed by atoms with Crippen LogP contribution in [0, 0.1) is 6.92 Å². The summed E-state index contributed by atoms with van der Waals surface area (Å²) in [6, 6.07) is 7.28. The van der Waals surface area contributed by atoms with E-state index >= 15 is 0 Å². The van der Waals surface area contributed by atoms with Crippen LogP contribution in [0.4, 0.5) is 5.69 Å². The molecule has 2 rings (SSSR count). The number of anilines is 1. The molecule has 1 saturated heterocycles. The number of thioether (sulfide) groups is 1. The lowest BCUT2D eigenvalue weighted by molar-refractivity contribution is -0.144. The van der Waals surface area contributed by atoms with Gasteiger partial charge in [0.05, 0.1) is 17.3 Å². The molecule has 1 N–H and O–H groups in total. The molecule has 0 radical (unpaired) electrons. The molecular formula is C15H19NO5S2.